The van der Waals surface area contributed by atoms with Crippen molar-refractivity contribution in [1.29, 1.82) is 0 Å². The number of hydrogen-bond acceptors (Lipinski definition) is 3. The van der Waals surface area contributed by atoms with Gasteiger partial charge in [-0.2, -0.15) is 0 Å². The van der Waals surface area contributed by atoms with Crippen LogP contribution < -0.4 is 11.0 Å². The van der Waals surface area contributed by atoms with Crippen LogP contribution in [0.3, 0.4) is 0 Å². The molecule has 33 heavy (non-hydrogen) atoms. The molecule has 1 aliphatic carbocycles. The minimum atomic E-state index is -0.350. The van der Waals surface area contributed by atoms with Gasteiger partial charge in [0.1, 0.15) is 5.69 Å². The quantitative estimate of drug-likeness (QED) is 0.418. The molecule has 3 aromatic carbocycles. The molecular formula is C27H24ClN3O2. The van der Waals surface area contributed by atoms with Crippen LogP contribution in [0.15, 0.2) is 83.7 Å². The average molecular weight is 458 g/mol. The first kappa shape index (κ1) is 21.4. The van der Waals surface area contributed by atoms with Crippen LogP contribution in [0.5, 0.6) is 0 Å². The van der Waals surface area contributed by atoms with Crippen molar-refractivity contribution in [2.75, 3.05) is 5.43 Å². The molecule has 0 unspecified atom stereocenters. The molecule has 1 amide bonds. The normalized spacial score (nSPS) is 14.9. The van der Waals surface area contributed by atoms with Crippen molar-refractivity contribution in [3.05, 3.63) is 99.8 Å². The molecule has 5 nitrogen and oxygen atoms in total. The van der Waals surface area contributed by atoms with Gasteiger partial charge in [0, 0.05) is 27.8 Å². The van der Waals surface area contributed by atoms with Gasteiger partial charge in [-0.15, -0.1) is 9.89 Å². The van der Waals surface area contributed by atoms with E-state index in [2.05, 4.69) is 22.7 Å². The van der Waals surface area contributed by atoms with E-state index in [4.69, 9.17) is 11.6 Å². The van der Waals surface area contributed by atoms with E-state index in [1.165, 1.54) is 5.56 Å². The van der Waals surface area contributed by atoms with Gasteiger partial charge >= 0.3 is 0 Å². The molecule has 166 valence electrons. The van der Waals surface area contributed by atoms with E-state index in [0.29, 0.717) is 22.5 Å². The van der Waals surface area contributed by atoms with Gasteiger partial charge in [-0.3, -0.25) is 9.59 Å². The zero-order valence-electron chi connectivity index (χ0n) is 18.1. The van der Waals surface area contributed by atoms with Gasteiger partial charge in [0.2, 0.25) is 5.91 Å². The summed E-state index contributed by atoms with van der Waals surface area (Å²) in [5.41, 5.74) is 4.83. The lowest BCUT2D eigenvalue weighted by Gasteiger charge is -2.29. The highest BCUT2D eigenvalue weighted by Crippen LogP contribution is 2.43. The number of carbonyl (C=O) groups is 1. The lowest BCUT2D eigenvalue weighted by molar-refractivity contribution is -0.118. The molecule has 1 N–H and O–H groups in total. The van der Waals surface area contributed by atoms with Gasteiger partial charge in [-0.25, -0.2) is 5.43 Å². The predicted octanol–water partition coefficient (Wildman–Crippen LogP) is 5.69. The number of amides is 1. The van der Waals surface area contributed by atoms with E-state index in [0.717, 1.165) is 41.4 Å². The van der Waals surface area contributed by atoms with Crippen LogP contribution in [0.25, 0.3) is 22.0 Å². The van der Waals surface area contributed by atoms with Crippen LogP contribution in [0, 0.1) is 0 Å². The Balaban J connectivity index is 1.51. The largest absolute Gasteiger partial charge is 0.294 e. The van der Waals surface area contributed by atoms with Crippen molar-refractivity contribution in [3.8, 4) is 11.3 Å². The first-order valence-electron chi connectivity index (χ1n) is 11.2. The first-order chi connectivity index (χ1) is 16.1. The molecule has 1 saturated carbocycles. The fourth-order valence-electron chi connectivity index (χ4n) is 4.96. The van der Waals surface area contributed by atoms with Gasteiger partial charge in [0.15, 0.2) is 0 Å². The monoisotopic (exact) mass is 457 g/mol. The highest BCUT2D eigenvalue weighted by molar-refractivity contribution is 6.30. The van der Waals surface area contributed by atoms with Crippen molar-refractivity contribution >= 4 is 28.3 Å². The van der Waals surface area contributed by atoms with Gasteiger partial charge < -0.3 is 0 Å². The summed E-state index contributed by atoms with van der Waals surface area (Å²) in [5, 5.41) is 6.38. The fourth-order valence-corrected chi connectivity index (χ4v) is 5.09. The van der Waals surface area contributed by atoms with Crippen LogP contribution >= 0.6 is 11.6 Å². The lowest BCUT2D eigenvalue weighted by atomic mass is 9.76. The van der Waals surface area contributed by atoms with Gasteiger partial charge in [-0.05, 0) is 36.6 Å². The van der Waals surface area contributed by atoms with E-state index >= 15 is 0 Å². The zero-order valence-corrected chi connectivity index (χ0v) is 18.9. The minimum Gasteiger partial charge on any atom is -0.273 e. The summed E-state index contributed by atoms with van der Waals surface area (Å²) in [4.78, 5) is 27.4. The minimum absolute atomic E-state index is 0.204. The van der Waals surface area contributed by atoms with E-state index in [1.807, 2.05) is 48.5 Å². The van der Waals surface area contributed by atoms with Crippen LogP contribution in [-0.2, 0) is 10.2 Å². The molecule has 5 rings (SSSR count). The summed E-state index contributed by atoms with van der Waals surface area (Å²) in [5.74, 6) is -0.215. The third kappa shape index (κ3) is 4.16. The van der Waals surface area contributed by atoms with Gasteiger partial charge in [-0.1, -0.05) is 85.1 Å². The smallest absolute Gasteiger partial charge is 0.273 e. The Hall–Kier alpha value is -3.44. The Labute approximate surface area is 197 Å². The van der Waals surface area contributed by atoms with E-state index in [9.17, 15) is 9.59 Å². The van der Waals surface area contributed by atoms with Crippen molar-refractivity contribution in [2.45, 2.75) is 37.5 Å². The zero-order chi connectivity index (χ0) is 22.8. The maximum Gasteiger partial charge on any atom is 0.294 e. The van der Waals surface area contributed by atoms with E-state index in [-0.39, 0.29) is 16.9 Å². The van der Waals surface area contributed by atoms with E-state index < -0.39 is 0 Å². The number of aromatic nitrogens is 2. The number of rotatable bonds is 5. The molecule has 4 aromatic rings. The third-order valence-corrected chi connectivity index (χ3v) is 6.85. The predicted molar refractivity (Wildman–Crippen MR) is 132 cm³/mol. The number of nitrogens with one attached hydrogen (secondary N) is 1. The molecule has 1 fully saturated rings. The summed E-state index contributed by atoms with van der Waals surface area (Å²) in [6, 6.07) is 24.8. The molecule has 0 aliphatic heterocycles. The number of fused-ring (bicyclic) bond motifs is 1. The lowest BCUT2D eigenvalue weighted by Crippen LogP contribution is -2.38. The van der Waals surface area contributed by atoms with Crippen molar-refractivity contribution in [1.82, 2.24) is 9.89 Å². The molecule has 0 spiro atoms. The van der Waals surface area contributed by atoms with Crippen molar-refractivity contribution in [2.24, 2.45) is 0 Å². The van der Waals surface area contributed by atoms with Crippen LogP contribution in [-0.4, -0.2) is 15.8 Å². The number of halogens is 1. The molecule has 0 radical (unpaired) electrons. The van der Waals surface area contributed by atoms with Crippen molar-refractivity contribution < 1.29 is 4.79 Å². The molecule has 6 heteroatoms. The second-order valence-electron chi connectivity index (χ2n) is 8.68. The molecule has 0 saturated heterocycles. The first-order valence-corrected chi connectivity index (χ1v) is 11.6. The third-order valence-electron chi connectivity index (χ3n) is 6.60. The summed E-state index contributed by atoms with van der Waals surface area (Å²) in [7, 11) is 0. The second-order valence-corrected chi connectivity index (χ2v) is 9.12. The topological polar surface area (TPSA) is 64.0 Å². The average Bonchev–Trinajstić information content (AvgIpc) is 3.32. The molecule has 0 bridgehead atoms. The Morgan fingerprint density at radius 2 is 1.55 bits per heavy atom. The number of benzene rings is 3. The second kappa shape index (κ2) is 8.83. The summed E-state index contributed by atoms with van der Waals surface area (Å²) < 4.78 is 0. The van der Waals surface area contributed by atoms with Gasteiger partial charge in [0.05, 0.1) is 5.39 Å². The Kier molecular flexibility index (Phi) is 5.73. The molecule has 0 atom stereocenters. The molecular weight excluding hydrogens is 434 g/mol. The maximum absolute atomic E-state index is 13.2. The van der Waals surface area contributed by atoms with Crippen molar-refractivity contribution in [3.63, 3.8) is 0 Å². The molecule has 1 aromatic heterocycles. The highest BCUT2D eigenvalue weighted by atomic mass is 35.5. The molecule has 1 heterocycles. The standard InChI is InChI=1S/C27H24ClN3O2/c28-21-14-12-19(13-15-21)25-22-10-4-5-11-23(22)26(33)31(30-25)29-24(32)18-27(16-6-7-17-27)20-8-2-1-3-9-20/h1-5,8-15H,6-7,16-18H2,(H,29,32). The van der Waals surface area contributed by atoms with Gasteiger partial charge in [0.25, 0.3) is 5.56 Å². The maximum atomic E-state index is 13.2. The SMILES string of the molecule is O=C(CC1(c2ccccc2)CCCC1)Nn1nc(-c2ccc(Cl)cc2)c2ccccc2c1=O. The Morgan fingerprint density at radius 3 is 2.24 bits per heavy atom. The number of hydrogen-bond donors (Lipinski definition) is 1. The van der Waals surface area contributed by atoms with E-state index in [1.54, 1.807) is 18.2 Å². The summed E-state index contributed by atoms with van der Waals surface area (Å²) >= 11 is 6.05. The number of carbonyl (C=O) groups excluding carboxylic acids is 1. The van der Waals surface area contributed by atoms with Crippen LogP contribution in [0.1, 0.15) is 37.7 Å². The fraction of sp³-hybridized carbons (Fsp3) is 0.222. The summed E-state index contributed by atoms with van der Waals surface area (Å²) in [6.45, 7) is 0. The summed E-state index contributed by atoms with van der Waals surface area (Å²) in [6.07, 6.45) is 4.42. The van der Waals surface area contributed by atoms with Crippen LogP contribution in [0.4, 0.5) is 0 Å². The number of nitrogens with zero attached hydrogens (tertiary/aromatic N) is 2. The Morgan fingerprint density at radius 1 is 0.909 bits per heavy atom. The Bertz CT molecular complexity index is 1360. The molecule has 1 aliphatic rings. The highest BCUT2D eigenvalue weighted by Gasteiger charge is 2.37. The van der Waals surface area contributed by atoms with Crippen LogP contribution in [0.2, 0.25) is 5.02 Å².